The van der Waals surface area contributed by atoms with Crippen LogP contribution in [0.4, 0.5) is 5.69 Å². The molecular formula is C13H18N4O2S. The molecule has 2 rings (SSSR count). The third kappa shape index (κ3) is 3.82. The molecule has 0 aliphatic rings. The van der Waals surface area contributed by atoms with Crippen molar-refractivity contribution in [1.29, 1.82) is 0 Å². The van der Waals surface area contributed by atoms with Crippen LogP contribution in [0.3, 0.4) is 0 Å². The number of nitrogens with one attached hydrogen (secondary N) is 3. The maximum absolute atomic E-state index is 12.1. The van der Waals surface area contributed by atoms with Gasteiger partial charge in [-0.1, -0.05) is 19.1 Å². The molecule has 0 saturated heterocycles. The van der Waals surface area contributed by atoms with E-state index in [2.05, 4.69) is 27.2 Å². The van der Waals surface area contributed by atoms with E-state index < -0.39 is 10.0 Å². The normalized spacial score (nSPS) is 11.4. The topological polar surface area (TPSA) is 86.9 Å². The third-order valence-corrected chi connectivity index (χ3v) is 4.14. The molecule has 1 aromatic carbocycles. The molecule has 0 aliphatic carbocycles. The van der Waals surface area contributed by atoms with Crippen molar-refractivity contribution in [1.82, 2.24) is 15.5 Å². The summed E-state index contributed by atoms with van der Waals surface area (Å²) < 4.78 is 26.7. The lowest BCUT2D eigenvalue weighted by Crippen LogP contribution is -2.15. The molecule has 108 valence electrons. The molecule has 6 nitrogen and oxygen atoms in total. The van der Waals surface area contributed by atoms with Gasteiger partial charge in [-0.3, -0.25) is 9.82 Å². The maximum Gasteiger partial charge on any atom is 0.261 e. The summed E-state index contributed by atoms with van der Waals surface area (Å²) in [7, 11) is -3.56. The number of hydrogen-bond donors (Lipinski definition) is 3. The quantitative estimate of drug-likeness (QED) is 0.678. The third-order valence-electron chi connectivity index (χ3n) is 2.74. The molecule has 2 aromatic rings. The highest BCUT2D eigenvalue weighted by Gasteiger charge is 2.14. The lowest BCUT2D eigenvalue weighted by Gasteiger charge is -2.07. The summed E-state index contributed by atoms with van der Waals surface area (Å²) in [5.41, 5.74) is 1.47. The van der Waals surface area contributed by atoms with E-state index in [1.165, 1.54) is 12.4 Å². The summed E-state index contributed by atoms with van der Waals surface area (Å²) >= 11 is 0. The van der Waals surface area contributed by atoms with Crippen LogP contribution in [0.5, 0.6) is 0 Å². The van der Waals surface area contributed by atoms with Gasteiger partial charge in [-0.15, -0.1) is 0 Å². The molecule has 3 N–H and O–H groups in total. The van der Waals surface area contributed by atoms with Crippen LogP contribution < -0.4 is 10.0 Å². The Morgan fingerprint density at radius 1 is 1.25 bits per heavy atom. The smallest absolute Gasteiger partial charge is 0.261 e. The Kier molecular flexibility index (Phi) is 4.75. The zero-order valence-corrected chi connectivity index (χ0v) is 12.1. The van der Waals surface area contributed by atoms with E-state index in [9.17, 15) is 8.42 Å². The predicted octanol–water partition coefficient (Wildman–Crippen LogP) is 1.71. The molecule has 20 heavy (non-hydrogen) atoms. The molecule has 0 fully saturated rings. The number of H-pyrrole nitrogens is 1. The lowest BCUT2D eigenvalue weighted by atomic mass is 10.2. The molecule has 0 bridgehead atoms. The largest absolute Gasteiger partial charge is 0.313 e. The van der Waals surface area contributed by atoms with Crippen molar-refractivity contribution in [3.8, 4) is 0 Å². The van der Waals surface area contributed by atoms with Gasteiger partial charge in [-0.05, 0) is 30.7 Å². The molecular weight excluding hydrogens is 276 g/mol. The van der Waals surface area contributed by atoms with E-state index in [1.807, 2.05) is 12.1 Å². The summed E-state index contributed by atoms with van der Waals surface area (Å²) in [5.74, 6) is 0. The second-order valence-electron chi connectivity index (χ2n) is 4.41. The molecule has 7 heteroatoms. The lowest BCUT2D eigenvalue weighted by molar-refractivity contribution is 0.601. The minimum Gasteiger partial charge on any atom is -0.313 e. The van der Waals surface area contributed by atoms with Crippen LogP contribution in [0.25, 0.3) is 0 Å². The molecule has 0 unspecified atom stereocenters. The Bertz CT molecular complexity index is 621. The Balaban J connectivity index is 2.05. The Labute approximate surface area is 118 Å². The van der Waals surface area contributed by atoms with Gasteiger partial charge in [0.2, 0.25) is 0 Å². The van der Waals surface area contributed by atoms with Crippen LogP contribution in [-0.2, 0) is 16.6 Å². The minimum absolute atomic E-state index is 0.234. The van der Waals surface area contributed by atoms with Crippen molar-refractivity contribution in [3.05, 3.63) is 42.2 Å². The first-order valence-corrected chi connectivity index (χ1v) is 7.91. The number of anilines is 1. The van der Waals surface area contributed by atoms with Gasteiger partial charge in [-0.25, -0.2) is 8.42 Å². The fourth-order valence-electron chi connectivity index (χ4n) is 1.72. The highest BCUT2D eigenvalue weighted by Crippen LogP contribution is 2.15. The van der Waals surface area contributed by atoms with Gasteiger partial charge in [0.25, 0.3) is 10.0 Å². The highest BCUT2D eigenvalue weighted by atomic mass is 32.2. The fraction of sp³-hybridized carbons (Fsp3) is 0.308. The van der Waals surface area contributed by atoms with Gasteiger partial charge in [0.1, 0.15) is 0 Å². The van der Waals surface area contributed by atoms with Gasteiger partial charge < -0.3 is 5.32 Å². The zero-order chi connectivity index (χ0) is 14.4. The first-order chi connectivity index (χ1) is 9.62. The van der Waals surface area contributed by atoms with Crippen LogP contribution in [-0.4, -0.2) is 25.2 Å². The Morgan fingerprint density at radius 2 is 2.00 bits per heavy atom. The predicted molar refractivity (Wildman–Crippen MR) is 77.8 cm³/mol. The molecule has 1 aromatic heterocycles. The first kappa shape index (κ1) is 14.5. The first-order valence-electron chi connectivity index (χ1n) is 6.43. The maximum atomic E-state index is 12.1. The van der Waals surface area contributed by atoms with E-state index in [0.29, 0.717) is 5.69 Å². The summed E-state index contributed by atoms with van der Waals surface area (Å²) in [6.45, 7) is 3.79. The summed E-state index contributed by atoms with van der Waals surface area (Å²) in [6.07, 6.45) is 3.97. The number of sulfonamides is 1. The van der Waals surface area contributed by atoms with E-state index in [4.69, 9.17) is 0 Å². The van der Waals surface area contributed by atoms with Crippen molar-refractivity contribution in [2.45, 2.75) is 24.8 Å². The van der Waals surface area contributed by atoms with Crippen molar-refractivity contribution in [2.75, 3.05) is 11.3 Å². The van der Waals surface area contributed by atoms with E-state index in [0.717, 1.165) is 25.1 Å². The standard InChI is InChI=1S/C13H18N4O2S/c1-2-7-14-8-11-3-5-13(6-4-11)20(18,19)17-12-9-15-16-10-12/h3-6,9-10,14,17H,2,7-8H2,1H3,(H,15,16). The van der Waals surface area contributed by atoms with E-state index in [1.54, 1.807) is 12.1 Å². The summed E-state index contributed by atoms with van der Waals surface area (Å²) in [6, 6.07) is 6.83. The van der Waals surface area contributed by atoms with Crippen molar-refractivity contribution in [2.24, 2.45) is 0 Å². The SMILES string of the molecule is CCCNCc1ccc(S(=O)(=O)Nc2cn[nH]c2)cc1. The Morgan fingerprint density at radius 3 is 2.60 bits per heavy atom. The van der Waals surface area contributed by atoms with E-state index in [-0.39, 0.29) is 4.90 Å². The number of benzene rings is 1. The van der Waals surface area contributed by atoms with Crippen molar-refractivity contribution in [3.63, 3.8) is 0 Å². The summed E-state index contributed by atoms with van der Waals surface area (Å²) in [5, 5.41) is 9.52. The van der Waals surface area contributed by atoms with Crippen molar-refractivity contribution < 1.29 is 8.42 Å². The zero-order valence-electron chi connectivity index (χ0n) is 11.3. The molecule has 0 amide bonds. The number of nitrogens with zero attached hydrogens (tertiary/aromatic N) is 1. The number of aromatic nitrogens is 2. The van der Waals surface area contributed by atoms with Gasteiger partial charge >= 0.3 is 0 Å². The summed E-state index contributed by atoms with van der Waals surface area (Å²) in [4.78, 5) is 0.234. The number of rotatable bonds is 7. The minimum atomic E-state index is -3.56. The molecule has 0 radical (unpaired) electrons. The van der Waals surface area contributed by atoms with E-state index >= 15 is 0 Å². The second-order valence-corrected chi connectivity index (χ2v) is 6.10. The number of hydrogen-bond acceptors (Lipinski definition) is 4. The molecule has 0 spiro atoms. The molecule has 1 heterocycles. The fourth-order valence-corrected chi connectivity index (χ4v) is 2.75. The van der Waals surface area contributed by atoms with Crippen LogP contribution in [0.15, 0.2) is 41.6 Å². The van der Waals surface area contributed by atoms with Crippen LogP contribution in [0.1, 0.15) is 18.9 Å². The Hall–Kier alpha value is -1.86. The second kappa shape index (κ2) is 6.53. The molecule has 0 aliphatic heterocycles. The molecule has 0 atom stereocenters. The average Bonchev–Trinajstić information content (AvgIpc) is 2.92. The van der Waals surface area contributed by atoms with Crippen LogP contribution in [0, 0.1) is 0 Å². The van der Waals surface area contributed by atoms with Crippen molar-refractivity contribution >= 4 is 15.7 Å². The van der Waals surface area contributed by atoms with Gasteiger partial charge in [0.05, 0.1) is 16.8 Å². The van der Waals surface area contributed by atoms with Crippen LogP contribution in [0.2, 0.25) is 0 Å². The van der Waals surface area contributed by atoms with Gasteiger partial charge in [0.15, 0.2) is 0 Å². The van der Waals surface area contributed by atoms with Gasteiger partial charge in [0, 0.05) is 12.7 Å². The highest BCUT2D eigenvalue weighted by molar-refractivity contribution is 7.92. The van der Waals surface area contributed by atoms with Gasteiger partial charge in [-0.2, -0.15) is 5.10 Å². The molecule has 0 saturated carbocycles. The number of aromatic amines is 1. The van der Waals surface area contributed by atoms with Crippen LogP contribution >= 0.6 is 0 Å². The monoisotopic (exact) mass is 294 g/mol. The average molecular weight is 294 g/mol.